The molecule has 1 aromatic rings. The second-order valence-corrected chi connectivity index (χ2v) is 8.43. The molecule has 1 spiro atoms. The number of hydrogen-bond donors (Lipinski definition) is 1. The summed E-state index contributed by atoms with van der Waals surface area (Å²) in [6.45, 7) is 3.76. The fourth-order valence-electron chi connectivity index (χ4n) is 6.03. The predicted molar refractivity (Wildman–Crippen MR) is 97.1 cm³/mol. The van der Waals surface area contributed by atoms with Crippen LogP contribution in [-0.4, -0.2) is 48.1 Å². The first-order valence-electron chi connectivity index (χ1n) is 9.99. The molecule has 5 rings (SSSR count). The van der Waals surface area contributed by atoms with Crippen LogP contribution in [0.4, 0.5) is 0 Å². The van der Waals surface area contributed by atoms with Gasteiger partial charge in [0.15, 0.2) is 23.4 Å². The molecule has 4 atom stereocenters. The fourth-order valence-corrected chi connectivity index (χ4v) is 6.03. The first kappa shape index (κ1) is 16.4. The van der Waals surface area contributed by atoms with Gasteiger partial charge in [-0.25, -0.2) is 0 Å². The quantitative estimate of drug-likeness (QED) is 0.840. The van der Waals surface area contributed by atoms with E-state index < -0.39 is 6.10 Å². The first-order valence-corrected chi connectivity index (χ1v) is 9.99. The molecule has 0 aromatic heterocycles. The Hall–Kier alpha value is -1.75. The van der Waals surface area contributed by atoms with E-state index in [2.05, 4.69) is 18.9 Å². The van der Waals surface area contributed by atoms with E-state index >= 15 is 0 Å². The van der Waals surface area contributed by atoms with Gasteiger partial charge in [0.1, 0.15) is 5.75 Å². The number of carbonyl (C=O) groups excluding carboxylic acids is 1. The van der Waals surface area contributed by atoms with Crippen molar-refractivity contribution in [3.05, 3.63) is 17.2 Å². The predicted octanol–water partition coefficient (Wildman–Crippen LogP) is 2.81. The van der Waals surface area contributed by atoms with Crippen LogP contribution >= 0.6 is 0 Å². The molecule has 2 aliphatic heterocycles. The molecular formula is C21H27NO4. The summed E-state index contributed by atoms with van der Waals surface area (Å²) in [4.78, 5) is 15.2. The summed E-state index contributed by atoms with van der Waals surface area (Å²) < 4.78 is 12.2. The van der Waals surface area contributed by atoms with Gasteiger partial charge in [-0.3, -0.25) is 4.79 Å². The minimum atomic E-state index is -0.428. The minimum absolute atomic E-state index is 0.128. The van der Waals surface area contributed by atoms with Crippen LogP contribution in [0.25, 0.3) is 0 Å². The summed E-state index contributed by atoms with van der Waals surface area (Å²) in [6.07, 6.45) is 4.98. The normalized spacial score (nSPS) is 34.4. The number of ketones is 1. The van der Waals surface area contributed by atoms with Crippen molar-refractivity contribution in [1.82, 2.24) is 4.90 Å². The lowest BCUT2D eigenvalue weighted by Gasteiger charge is -2.57. The zero-order chi connectivity index (χ0) is 18.1. The van der Waals surface area contributed by atoms with Gasteiger partial charge in [-0.05, 0) is 45.2 Å². The maximum absolute atomic E-state index is 12.8. The standard InChI is InChI=1S/C21H27NO4/c1-3-4-9-25-17-11-16(24)19-18-12(17)10-14-13-5-6-15(23)20(26-19)21(13,18)7-8-22(14)2/h11,13-14,20,24H,3-10H2,1-2H3/t13-,14+,20-,21-/m0/s1. The van der Waals surface area contributed by atoms with Gasteiger partial charge in [-0.2, -0.15) is 0 Å². The molecule has 1 N–H and O–H groups in total. The first-order chi connectivity index (χ1) is 12.6. The van der Waals surface area contributed by atoms with Crippen molar-refractivity contribution in [3.8, 4) is 17.2 Å². The summed E-state index contributed by atoms with van der Waals surface area (Å²) in [5.41, 5.74) is 1.99. The molecule has 5 nitrogen and oxygen atoms in total. The molecular weight excluding hydrogens is 330 g/mol. The van der Waals surface area contributed by atoms with Gasteiger partial charge < -0.3 is 19.5 Å². The number of likely N-dealkylation sites (tertiary alicyclic amines) is 1. The van der Waals surface area contributed by atoms with Crippen LogP contribution in [0, 0.1) is 5.92 Å². The Morgan fingerprint density at radius 3 is 3.12 bits per heavy atom. The summed E-state index contributed by atoms with van der Waals surface area (Å²) >= 11 is 0. The molecule has 1 saturated carbocycles. The molecule has 0 radical (unpaired) electrons. The summed E-state index contributed by atoms with van der Waals surface area (Å²) in [5.74, 6) is 2.08. The largest absolute Gasteiger partial charge is 0.504 e. The lowest BCUT2D eigenvalue weighted by molar-refractivity contribution is -0.138. The lowest BCUT2D eigenvalue weighted by atomic mass is 9.51. The smallest absolute Gasteiger partial charge is 0.174 e. The highest BCUT2D eigenvalue weighted by Crippen LogP contribution is 2.64. The molecule has 140 valence electrons. The number of hydrogen-bond acceptors (Lipinski definition) is 5. The molecule has 0 unspecified atom stereocenters. The van der Waals surface area contributed by atoms with E-state index in [0.717, 1.165) is 50.0 Å². The second kappa shape index (κ2) is 5.62. The molecule has 4 aliphatic rings. The van der Waals surface area contributed by atoms with E-state index in [0.29, 0.717) is 30.7 Å². The highest BCUT2D eigenvalue weighted by atomic mass is 16.5. The van der Waals surface area contributed by atoms with Crippen LogP contribution in [-0.2, 0) is 16.6 Å². The van der Waals surface area contributed by atoms with Crippen LogP contribution < -0.4 is 9.47 Å². The lowest BCUT2D eigenvalue weighted by Crippen LogP contribution is -2.65. The number of ether oxygens (including phenoxy) is 2. The Bertz CT molecular complexity index is 776. The monoisotopic (exact) mass is 357 g/mol. The van der Waals surface area contributed by atoms with Gasteiger partial charge in [0.25, 0.3) is 0 Å². The van der Waals surface area contributed by atoms with Crippen LogP contribution in [0.2, 0.25) is 0 Å². The molecule has 2 bridgehead atoms. The van der Waals surface area contributed by atoms with Crippen molar-refractivity contribution >= 4 is 5.78 Å². The number of likely N-dealkylation sites (N-methyl/N-ethyl adjacent to an activating group) is 1. The van der Waals surface area contributed by atoms with Crippen LogP contribution in [0.5, 0.6) is 17.2 Å². The molecule has 2 aliphatic carbocycles. The summed E-state index contributed by atoms with van der Waals surface area (Å²) in [5, 5.41) is 10.7. The molecule has 5 heteroatoms. The topological polar surface area (TPSA) is 59.0 Å². The van der Waals surface area contributed by atoms with Crippen molar-refractivity contribution in [2.45, 2.75) is 63.0 Å². The maximum atomic E-state index is 12.8. The molecule has 1 saturated heterocycles. The summed E-state index contributed by atoms with van der Waals surface area (Å²) in [6, 6.07) is 2.12. The van der Waals surface area contributed by atoms with Crippen LogP contribution in [0.1, 0.15) is 50.2 Å². The SMILES string of the molecule is CCCCOc1cc(O)c2c3c1C[C@@H]1[C@@H]4CCC(=O)[C@H](O2)[C@]34CCN1C. The highest BCUT2D eigenvalue weighted by Gasteiger charge is 2.66. The number of nitrogens with zero attached hydrogens (tertiary/aromatic N) is 1. The Morgan fingerprint density at radius 2 is 2.31 bits per heavy atom. The molecule has 2 heterocycles. The molecule has 2 fully saturated rings. The van der Waals surface area contributed by atoms with Gasteiger partial charge in [0.05, 0.1) is 6.61 Å². The van der Waals surface area contributed by atoms with Gasteiger partial charge in [-0.15, -0.1) is 0 Å². The van der Waals surface area contributed by atoms with E-state index in [4.69, 9.17) is 9.47 Å². The number of rotatable bonds is 4. The van der Waals surface area contributed by atoms with E-state index in [9.17, 15) is 9.90 Å². The van der Waals surface area contributed by atoms with Gasteiger partial charge in [0, 0.05) is 35.1 Å². The van der Waals surface area contributed by atoms with E-state index in [-0.39, 0.29) is 16.9 Å². The third kappa shape index (κ3) is 1.92. The number of phenols is 1. The van der Waals surface area contributed by atoms with Gasteiger partial charge in [-0.1, -0.05) is 13.3 Å². The number of phenolic OH excluding ortho intramolecular Hbond substituents is 1. The van der Waals surface area contributed by atoms with Crippen LogP contribution in [0.15, 0.2) is 6.07 Å². The number of piperidine rings is 1. The number of benzene rings is 1. The zero-order valence-electron chi connectivity index (χ0n) is 15.6. The summed E-state index contributed by atoms with van der Waals surface area (Å²) in [7, 11) is 2.20. The molecule has 1 aromatic carbocycles. The maximum Gasteiger partial charge on any atom is 0.174 e. The zero-order valence-corrected chi connectivity index (χ0v) is 15.6. The Morgan fingerprint density at radius 1 is 1.46 bits per heavy atom. The van der Waals surface area contributed by atoms with E-state index in [1.165, 1.54) is 5.56 Å². The number of carbonyl (C=O) groups is 1. The Labute approximate surface area is 154 Å². The van der Waals surface area contributed by atoms with Crippen molar-refractivity contribution in [2.75, 3.05) is 20.2 Å². The number of aromatic hydroxyl groups is 1. The average Bonchev–Trinajstić information content (AvgIpc) is 2.98. The van der Waals surface area contributed by atoms with Crippen molar-refractivity contribution < 1.29 is 19.4 Å². The number of unbranched alkanes of at least 4 members (excludes halogenated alkanes) is 1. The van der Waals surface area contributed by atoms with Crippen LogP contribution in [0.3, 0.4) is 0 Å². The second-order valence-electron chi connectivity index (χ2n) is 8.43. The number of Topliss-reactive ketones (excluding diaryl/α,β-unsaturated/α-hetero) is 1. The highest BCUT2D eigenvalue weighted by molar-refractivity contribution is 5.89. The van der Waals surface area contributed by atoms with Gasteiger partial charge in [0.2, 0.25) is 0 Å². The van der Waals surface area contributed by atoms with Crippen molar-refractivity contribution in [1.29, 1.82) is 0 Å². The third-order valence-corrected chi connectivity index (χ3v) is 7.23. The fraction of sp³-hybridized carbons (Fsp3) is 0.667. The Balaban J connectivity index is 1.70. The van der Waals surface area contributed by atoms with E-state index in [1.54, 1.807) is 6.07 Å². The average molecular weight is 357 g/mol. The third-order valence-electron chi connectivity index (χ3n) is 7.23. The van der Waals surface area contributed by atoms with E-state index in [1.807, 2.05) is 0 Å². The Kier molecular flexibility index (Phi) is 3.55. The molecule has 26 heavy (non-hydrogen) atoms. The molecule has 0 amide bonds. The van der Waals surface area contributed by atoms with Crippen molar-refractivity contribution in [2.24, 2.45) is 5.92 Å². The minimum Gasteiger partial charge on any atom is -0.504 e. The van der Waals surface area contributed by atoms with Crippen molar-refractivity contribution in [3.63, 3.8) is 0 Å². The van der Waals surface area contributed by atoms with Gasteiger partial charge >= 0.3 is 0 Å².